The van der Waals surface area contributed by atoms with Gasteiger partial charge in [-0.3, -0.25) is 9.59 Å². The SMILES string of the molecule is Cc1cc(C)c(C(=O)O)cc1NC(=O)C1CCN(C)C(=O)C1. The third-order valence-corrected chi connectivity index (χ3v) is 4.09. The highest BCUT2D eigenvalue weighted by Crippen LogP contribution is 2.24. The minimum Gasteiger partial charge on any atom is -0.478 e. The predicted molar refractivity (Wildman–Crippen MR) is 81.9 cm³/mol. The molecule has 1 fully saturated rings. The second kappa shape index (κ2) is 6.17. The summed E-state index contributed by atoms with van der Waals surface area (Å²) in [6.07, 6.45) is 0.809. The van der Waals surface area contributed by atoms with E-state index in [2.05, 4.69) is 5.32 Å². The zero-order valence-electron chi connectivity index (χ0n) is 13.0. The Bertz CT molecular complexity index is 639. The van der Waals surface area contributed by atoms with E-state index in [1.54, 1.807) is 24.9 Å². The van der Waals surface area contributed by atoms with Gasteiger partial charge in [0, 0.05) is 31.6 Å². The predicted octanol–water partition coefficient (Wildman–Crippen LogP) is 1.81. The Balaban J connectivity index is 2.16. The van der Waals surface area contributed by atoms with E-state index in [1.807, 2.05) is 6.92 Å². The van der Waals surface area contributed by atoms with E-state index in [0.717, 1.165) is 5.56 Å². The second-order valence-electron chi connectivity index (χ2n) is 5.78. The largest absolute Gasteiger partial charge is 0.478 e. The molecule has 2 amide bonds. The highest BCUT2D eigenvalue weighted by molar-refractivity contribution is 5.98. The van der Waals surface area contributed by atoms with Gasteiger partial charge in [-0.25, -0.2) is 4.79 Å². The fourth-order valence-corrected chi connectivity index (χ4v) is 2.62. The fourth-order valence-electron chi connectivity index (χ4n) is 2.62. The second-order valence-corrected chi connectivity index (χ2v) is 5.78. The molecular weight excluding hydrogens is 284 g/mol. The molecule has 2 N–H and O–H groups in total. The first-order valence-electron chi connectivity index (χ1n) is 7.19. The van der Waals surface area contributed by atoms with Crippen LogP contribution in [0.2, 0.25) is 0 Å². The van der Waals surface area contributed by atoms with E-state index < -0.39 is 5.97 Å². The van der Waals surface area contributed by atoms with Crippen LogP contribution in [0.25, 0.3) is 0 Å². The maximum atomic E-state index is 12.3. The molecule has 0 spiro atoms. The number of piperidine rings is 1. The van der Waals surface area contributed by atoms with Crippen molar-refractivity contribution in [3.05, 3.63) is 28.8 Å². The fraction of sp³-hybridized carbons (Fsp3) is 0.438. The molecule has 6 heteroatoms. The number of rotatable bonds is 3. The van der Waals surface area contributed by atoms with Crippen LogP contribution < -0.4 is 5.32 Å². The number of amides is 2. The van der Waals surface area contributed by atoms with Gasteiger partial charge in [-0.1, -0.05) is 6.07 Å². The van der Waals surface area contributed by atoms with Crippen molar-refractivity contribution >= 4 is 23.5 Å². The number of hydrogen-bond acceptors (Lipinski definition) is 3. The zero-order chi connectivity index (χ0) is 16.4. The minimum absolute atomic E-state index is 0.0433. The maximum absolute atomic E-state index is 12.3. The van der Waals surface area contributed by atoms with Crippen LogP contribution in [-0.2, 0) is 9.59 Å². The van der Waals surface area contributed by atoms with Crippen molar-refractivity contribution in [2.75, 3.05) is 18.9 Å². The summed E-state index contributed by atoms with van der Waals surface area (Å²) in [7, 11) is 1.72. The van der Waals surface area contributed by atoms with Gasteiger partial charge >= 0.3 is 5.97 Å². The molecule has 22 heavy (non-hydrogen) atoms. The van der Waals surface area contributed by atoms with Crippen LogP contribution in [0.5, 0.6) is 0 Å². The number of nitrogens with zero attached hydrogens (tertiary/aromatic N) is 1. The Kier molecular flexibility index (Phi) is 4.49. The van der Waals surface area contributed by atoms with Gasteiger partial charge in [-0.05, 0) is 37.5 Å². The van der Waals surface area contributed by atoms with E-state index in [4.69, 9.17) is 5.11 Å². The number of aromatic carboxylic acids is 1. The lowest BCUT2D eigenvalue weighted by Crippen LogP contribution is -2.40. The van der Waals surface area contributed by atoms with Crippen LogP contribution in [0.3, 0.4) is 0 Å². The van der Waals surface area contributed by atoms with Crippen molar-refractivity contribution < 1.29 is 19.5 Å². The van der Waals surface area contributed by atoms with E-state index in [0.29, 0.717) is 24.2 Å². The molecule has 1 aliphatic rings. The lowest BCUT2D eigenvalue weighted by Gasteiger charge is -2.28. The molecule has 1 heterocycles. The number of carboxylic acid groups (broad SMARTS) is 1. The number of hydrogen-bond donors (Lipinski definition) is 2. The average molecular weight is 304 g/mol. The summed E-state index contributed by atoms with van der Waals surface area (Å²) in [4.78, 5) is 36.8. The molecule has 0 aromatic heterocycles. The van der Waals surface area contributed by atoms with Crippen molar-refractivity contribution in [1.29, 1.82) is 0 Å². The monoisotopic (exact) mass is 304 g/mol. The number of carbonyl (C=O) groups excluding carboxylic acids is 2. The summed E-state index contributed by atoms with van der Waals surface area (Å²) in [5, 5.41) is 11.9. The molecule has 0 bridgehead atoms. The van der Waals surface area contributed by atoms with E-state index in [1.165, 1.54) is 6.07 Å². The Morgan fingerprint density at radius 3 is 2.55 bits per heavy atom. The van der Waals surface area contributed by atoms with Gasteiger partial charge in [0.15, 0.2) is 0 Å². The normalized spacial score (nSPS) is 18.2. The Morgan fingerprint density at radius 1 is 1.27 bits per heavy atom. The van der Waals surface area contributed by atoms with Gasteiger partial charge in [-0.15, -0.1) is 0 Å². The first-order valence-corrected chi connectivity index (χ1v) is 7.19. The van der Waals surface area contributed by atoms with Crippen LogP contribution >= 0.6 is 0 Å². The third kappa shape index (κ3) is 3.27. The van der Waals surface area contributed by atoms with E-state index in [-0.39, 0.29) is 29.7 Å². The van der Waals surface area contributed by atoms with Crippen LogP contribution in [0, 0.1) is 19.8 Å². The lowest BCUT2D eigenvalue weighted by atomic mass is 9.95. The van der Waals surface area contributed by atoms with Crippen molar-refractivity contribution in [2.45, 2.75) is 26.7 Å². The minimum atomic E-state index is -1.03. The molecular formula is C16H20N2O4. The van der Waals surface area contributed by atoms with E-state index >= 15 is 0 Å². The molecule has 0 aliphatic carbocycles. The molecule has 1 aliphatic heterocycles. The number of anilines is 1. The van der Waals surface area contributed by atoms with Crippen molar-refractivity contribution in [1.82, 2.24) is 4.90 Å². The number of likely N-dealkylation sites (tertiary alicyclic amines) is 1. The first-order chi connectivity index (χ1) is 10.3. The van der Waals surface area contributed by atoms with Crippen LogP contribution in [0.15, 0.2) is 12.1 Å². The highest BCUT2D eigenvalue weighted by Gasteiger charge is 2.29. The van der Waals surface area contributed by atoms with Gasteiger partial charge in [0.25, 0.3) is 0 Å². The summed E-state index contributed by atoms with van der Waals surface area (Å²) in [5.41, 5.74) is 2.10. The summed E-state index contributed by atoms with van der Waals surface area (Å²) < 4.78 is 0. The summed E-state index contributed by atoms with van der Waals surface area (Å²) in [6, 6.07) is 3.21. The van der Waals surface area contributed by atoms with Crippen molar-refractivity contribution in [3.8, 4) is 0 Å². The number of aryl methyl sites for hydroxylation is 2. The number of carboxylic acids is 1. The average Bonchev–Trinajstić information content (AvgIpc) is 2.44. The van der Waals surface area contributed by atoms with Crippen LogP contribution in [0.4, 0.5) is 5.69 Å². The number of carbonyl (C=O) groups is 3. The summed E-state index contributed by atoms with van der Waals surface area (Å²) in [5.74, 6) is -1.66. The molecule has 1 atom stereocenters. The molecule has 0 radical (unpaired) electrons. The molecule has 1 aromatic carbocycles. The summed E-state index contributed by atoms with van der Waals surface area (Å²) >= 11 is 0. The molecule has 6 nitrogen and oxygen atoms in total. The zero-order valence-corrected chi connectivity index (χ0v) is 13.0. The van der Waals surface area contributed by atoms with Gasteiger partial charge in [0.1, 0.15) is 0 Å². The van der Waals surface area contributed by atoms with Gasteiger partial charge in [0.05, 0.1) is 5.56 Å². The Morgan fingerprint density at radius 2 is 1.95 bits per heavy atom. The quantitative estimate of drug-likeness (QED) is 0.891. The van der Waals surface area contributed by atoms with E-state index in [9.17, 15) is 14.4 Å². The first kappa shape index (κ1) is 16.0. The molecule has 2 rings (SSSR count). The standard InChI is InChI=1S/C16H20N2O4/c1-9-6-10(2)13(8-12(9)16(21)22)17-15(20)11-4-5-18(3)14(19)7-11/h6,8,11H,4-5,7H2,1-3H3,(H,17,20)(H,21,22). The smallest absolute Gasteiger partial charge is 0.336 e. The lowest BCUT2D eigenvalue weighted by molar-refractivity contribution is -0.137. The summed E-state index contributed by atoms with van der Waals surface area (Å²) in [6.45, 7) is 4.09. The molecule has 1 saturated heterocycles. The molecule has 1 unspecified atom stereocenters. The maximum Gasteiger partial charge on any atom is 0.336 e. The molecule has 118 valence electrons. The number of nitrogens with one attached hydrogen (secondary N) is 1. The van der Waals surface area contributed by atoms with Crippen molar-refractivity contribution in [2.24, 2.45) is 5.92 Å². The Hall–Kier alpha value is -2.37. The highest BCUT2D eigenvalue weighted by atomic mass is 16.4. The Labute approximate surface area is 129 Å². The van der Waals surface area contributed by atoms with Crippen LogP contribution in [0.1, 0.15) is 34.3 Å². The third-order valence-electron chi connectivity index (χ3n) is 4.09. The van der Waals surface area contributed by atoms with Gasteiger partial charge in [0.2, 0.25) is 11.8 Å². The van der Waals surface area contributed by atoms with Crippen molar-refractivity contribution in [3.63, 3.8) is 0 Å². The molecule has 1 aromatic rings. The van der Waals surface area contributed by atoms with Gasteiger partial charge < -0.3 is 15.3 Å². The number of benzene rings is 1. The molecule has 0 saturated carbocycles. The van der Waals surface area contributed by atoms with Crippen LogP contribution in [-0.4, -0.2) is 41.4 Å². The van der Waals surface area contributed by atoms with Gasteiger partial charge in [-0.2, -0.15) is 0 Å². The topological polar surface area (TPSA) is 86.7 Å².